The first kappa shape index (κ1) is 16.5. The van der Waals surface area contributed by atoms with Gasteiger partial charge in [-0.3, -0.25) is 9.69 Å². The lowest BCUT2D eigenvalue weighted by atomic mass is 10.1. The van der Waals surface area contributed by atoms with Crippen molar-refractivity contribution in [3.63, 3.8) is 0 Å². The summed E-state index contributed by atoms with van der Waals surface area (Å²) in [5.41, 5.74) is 1.93. The molecule has 23 heavy (non-hydrogen) atoms. The first-order valence-corrected chi connectivity index (χ1v) is 7.09. The molecule has 5 nitrogen and oxygen atoms in total. The van der Waals surface area contributed by atoms with Crippen LogP contribution in [0.25, 0.3) is 0 Å². The molecular formula is C17H18FN3O2. The van der Waals surface area contributed by atoms with E-state index < -0.39 is 0 Å². The van der Waals surface area contributed by atoms with Crippen LogP contribution in [0.3, 0.4) is 0 Å². The van der Waals surface area contributed by atoms with E-state index in [2.05, 4.69) is 10.6 Å². The topological polar surface area (TPSA) is 61.4 Å². The van der Waals surface area contributed by atoms with E-state index in [1.165, 1.54) is 29.2 Å². The summed E-state index contributed by atoms with van der Waals surface area (Å²) in [5, 5.41) is 5.31. The van der Waals surface area contributed by atoms with Gasteiger partial charge in [-0.1, -0.05) is 12.1 Å². The van der Waals surface area contributed by atoms with Crippen LogP contribution >= 0.6 is 0 Å². The molecule has 3 amide bonds. The van der Waals surface area contributed by atoms with Crippen molar-refractivity contribution in [1.29, 1.82) is 0 Å². The van der Waals surface area contributed by atoms with Gasteiger partial charge in [-0.05, 0) is 42.0 Å². The molecular weight excluding hydrogens is 297 g/mol. The zero-order valence-corrected chi connectivity index (χ0v) is 13.0. The van der Waals surface area contributed by atoms with E-state index in [0.29, 0.717) is 11.3 Å². The highest BCUT2D eigenvalue weighted by Crippen LogP contribution is 2.13. The van der Waals surface area contributed by atoms with E-state index in [1.54, 1.807) is 32.3 Å². The average Bonchev–Trinajstić information content (AvgIpc) is 2.59. The standard InChI is InChI=1S/C17H18FN3O2/c1-19-16(22)13-5-3-4-12(10-13)11-20-17(23)21(2)15-8-6-14(18)7-9-15/h3-10H,11H2,1-2H3,(H,19,22)(H,20,23). The highest BCUT2D eigenvalue weighted by molar-refractivity contribution is 5.94. The van der Waals surface area contributed by atoms with Crippen molar-refractivity contribution in [2.24, 2.45) is 0 Å². The zero-order chi connectivity index (χ0) is 16.8. The number of halogens is 1. The monoisotopic (exact) mass is 315 g/mol. The van der Waals surface area contributed by atoms with Gasteiger partial charge in [-0.2, -0.15) is 0 Å². The fourth-order valence-corrected chi connectivity index (χ4v) is 2.05. The molecule has 2 aromatic carbocycles. The maximum atomic E-state index is 12.9. The predicted molar refractivity (Wildman–Crippen MR) is 86.9 cm³/mol. The molecule has 0 atom stereocenters. The molecule has 0 aliphatic rings. The van der Waals surface area contributed by atoms with Gasteiger partial charge in [0, 0.05) is 31.9 Å². The number of urea groups is 1. The number of nitrogens with one attached hydrogen (secondary N) is 2. The second-order valence-electron chi connectivity index (χ2n) is 4.97. The molecule has 0 saturated heterocycles. The number of nitrogens with zero attached hydrogens (tertiary/aromatic N) is 1. The number of anilines is 1. The number of benzene rings is 2. The smallest absolute Gasteiger partial charge is 0.321 e. The lowest BCUT2D eigenvalue weighted by Gasteiger charge is -2.18. The molecule has 0 aliphatic heterocycles. The van der Waals surface area contributed by atoms with Gasteiger partial charge in [0.15, 0.2) is 0 Å². The van der Waals surface area contributed by atoms with Crippen molar-refractivity contribution < 1.29 is 14.0 Å². The Morgan fingerprint density at radius 1 is 1.13 bits per heavy atom. The molecule has 0 fully saturated rings. The Bertz CT molecular complexity index is 701. The maximum absolute atomic E-state index is 12.9. The van der Waals surface area contributed by atoms with Crippen molar-refractivity contribution in [3.05, 3.63) is 65.5 Å². The van der Waals surface area contributed by atoms with Crippen LogP contribution in [0.4, 0.5) is 14.9 Å². The molecule has 0 saturated carbocycles. The van der Waals surface area contributed by atoms with E-state index in [0.717, 1.165) is 5.56 Å². The lowest BCUT2D eigenvalue weighted by Crippen LogP contribution is -2.36. The molecule has 2 N–H and O–H groups in total. The third kappa shape index (κ3) is 4.29. The normalized spacial score (nSPS) is 10.0. The molecule has 0 aromatic heterocycles. The summed E-state index contributed by atoms with van der Waals surface area (Å²) in [7, 11) is 3.16. The summed E-state index contributed by atoms with van der Waals surface area (Å²) in [6.07, 6.45) is 0. The molecule has 0 radical (unpaired) electrons. The third-order valence-corrected chi connectivity index (χ3v) is 3.38. The van der Waals surface area contributed by atoms with Crippen molar-refractivity contribution in [2.75, 3.05) is 19.0 Å². The van der Waals surface area contributed by atoms with Crippen molar-refractivity contribution in [1.82, 2.24) is 10.6 Å². The van der Waals surface area contributed by atoms with Crippen molar-refractivity contribution >= 4 is 17.6 Å². The highest BCUT2D eigenvalue weighted by Gasteiger charge is 2.11. The quantitative estimate of drug-likeness (QED) is 0.911. The molecule has 6 heteroatoms. The van der Waals surface area contributed by atoms with Crippen LogP contribution in [0, 0.1) is 5.82 Å². The molecule has 2 aromatic rings. The van der Waals surface area contributed by atoms with Crippen LogP contribution in [0.5, 0.6) is 0 Å². The first-order valence-electron chi connectivity index (χ1n) is 7.09. The fraction of sp³-hybridized carbons (Fsp3) is 0.176. The Labute approximate surface area is 134 Å². The number of carbonyl (C=O) groups is 2. The summed E-state index contributed by atoms with van der Waals surface area (Å²) in [6, 6.07) is 12.3. The van der Waals surface area contributed by atoms with Crippen LogP contribution in [0.2, 0.25) is 0 Å². The van der Waals surface area contributed by atoms with Gasteiger partial charge < -0.3 is 10.6 Å². The average molecular weight is 315 g/mol. The molecule has 0 spiro atoms. The predicted octanol–water partition coefficient (Wildman–Crippen LogP) is 2.53. The van der Waals surface area contributed by atoms with Gasteiger partial charge in [0.2, 0.25) is 0 Å². The lowest BCUT2D eigenvalue weighted by molar-refractivity contribution is 0.0963. The summed E-state index contributed by atoms with van der Waals surface area (Å²) >= 11 is 0. The Morgan fingerprint density at radius 2 is 1.83 bits per heavy atom. The van der Waals surface area contributed by atoms with E-state index in [9.17, 15) is 14.0 Å². The van der Waals surface area contributed by atoms with Gasteiger partial charge >= 0.3 is 6.03 Å². The number of rotatable bonds is 4. The Kier molecular flexibility index (Phi) is 5.30. The van der Waals surface area contributed by atoms with Gasteiger partial charge in [0.05, 0.1) is 0 Å². The van der Waals surface area contributed by atoms with Gasteiger partial charge in [-0.15, -0.1) is 0 Å². The van der Waals surface area contributed by atoms with Crippen molar-refractivity contribution in [2.45, 2.75) is 6.54 Å². The summed E-state index contributed by atoms with van der Waals surface area (Å²) < 4.78 is 12.9. The largest absolute Gasteiger partial charge is 0.355 e. The second kappa shape index (κ2) is 7.40. The number of hydrogen-bond donors (Lipinski definition) is 2. The Hall–Kier alpha value is -2.89. The van der Waals surface area contributed by atoms with Crippen LogP contribution in [0.15, 0.2) is 48.5 Å². The number of hydrogen-bond acceptors (Lipinski definition) is 2. The third-order valence-electron chi connectivity index (χ3n) is 3.38. The maximum Gasteiger partial charge on any atom is 0.321 e. The molecule has 0 unspecified atom stereocenters. The highest BCUT2D eigenvalue weighted by atomic mass is 19.1. The molecule has 0 bridgehead atoms. The molecule has 2 rings (SSSR count). The van der Waals surface area contributed by atoms with Crippen LogP contribution < -0.4 is 15.5 Å². The molecule has 120 valence electrons. The second-order valence-corrected chi connectivity index (χ2v) is 4.97. The van der Waals surface area contributed by atoms with Crippen molar-refractivity contribution in [3.8, 4) is 0 Å². The van der Waals surface area contributed by atoms with Gasteiger partial charge in [0.1, 0.15) is 5.82 Å². The SMILES string of the molecule is CNC(=O)c1cccc(CNC(=O)N(C)c2ccc(F)cc2)c1. The summed E-state index contributed by atoms with van der Waals surface area (Å²) in [4.78, 5) is 25.1. The number of amides is 3. The summed E-state index contributed by atoms with van der Waals surface area (Å²) in [6.45, 7) is 0.287. The zero-order valence-electron chi connectivity index (χ0n) is 13.0. The fourth-order valence-electron chi connectivity index (χ4n) is 2.05. The van der Waals surface area contributed by atoms with Gasteiger partial charge in [0.25, 0.3) is 5.91 Å². The van der Waals surface area contributed by atoms with Crippen LogP contribution in [-0.2, 0) is 6.54 Å². The minimum atomic E-state index is -0.353. The summed E-state index contributed by atoms with van der Waals surface area (Å²) in [5.74, 6) is -0.532. The Morgan fingerprint density at radius 3 is 2.48 bits per heavy atom. The van der Waals surface area contributed by atoms with E-state index in [4.69, 9.17) is 0 Å². The van der Waals surface area contributed by atoms with E-state index in [1.807, 2.05) is 6.07 Å². The van der Waals surface area contributed by atoms with Gasteiger partial charge in [-0.25, -0.2) is 9.18 Å². The first-order chi connectivity index (χ1) is 11.0. The van der Waals surface area contributed by atoms with E-state index in [-0.39, 0.29) is 24.3 Å². The van der Waals surface area contributed by atoms with Crippen LogP contribution in [-0.4, -0.2) is 26.0 Å². The van der Waals surface area contributed by atoms with Crippen LogP contribution in [0.1, 0.15) is 15.9 Å². The minimum absolute atomic E-state index is 0.179. The molecule has 0 aliphatic carbocycles. The minimum Gasteiger partial charge on any atom is -0.355 e. The van der Waals surface area contributed by atoms with E-state index >= 15 is 0 Å². The Balaban J connectivity index is 1.98. The number of carbonyl (C=O) groups excluding carboxylic acids is 2. The molecule has 0 heterocycles.